The molecule has 0 bridgehead atoms. The highest BCUT2D eigenvalue weighted by atomic mass is 35.5. The van der Waals surface area contributed by atoms with Crippen LogP contribution in [0.2, 0.25) is 0 Å². The first-order valence-electron chi connectivity index (χ1n) is 8.00. The number of allylic oxidation sites excluding steroid dienone is 1. The topological polar surface area (TPSA) is 80.2 Å². The molecule has 1 aromatic heterocycles. The number of hydrogen-bond acceptors (Lipinski definition) is 5. The maximum absolute atomic E-state index is 13.3. The Kier molecular flexibility index (Phi) is 6.33. The van der Waals surface area contributed by atoms with E-state index in [0.29, 0.717) is 22.5 Å². The molecule has 0 spiro atoms. The van der Waals surface area contributed by atoms with E-state index in [-0.39, 0.29) is 11.9 Å². The largest absolute Gasteiger partial charge is 0.276 e. The van der Waals surface area contributed by atoms with E-state index in [0.717, 1.165) is 10.6 Å². The van der Waals surface area contributed by atoms with Crippen LogP contribution in [0, 0.1) is 5.82 Å². The summed E-state index contributed by atoms with van der Waals surface area (Å²) in [6, 6.07) is 5.58. The molecule has 0 fully saturated rings. The number of benzene rings is 1. The highest BCUT2D eigenvalue weighted by Crippen LogP contribution is 2.31. The van der Waals surface area contributed by atoms with E-state index < -0.39 is 21.1 Å². The first kappa shape index (κ1) is 21.0. The predicted molar refractivity (Wildman–Crippen MR) is 105 cm³/mol. The molecular weight excluding hydrogens is 393 g/mol. The number of carbonyl (C=O) groups excluding carboxylic acids is 1. The minimum Gasteiger partial charge on any atom is -0.276 e. The molecule has 27 heavy (non-hydrogen) atoms. The monoisotopic (exact) mass is 411 g/mol. The summed E-state index contributed by atoms with van der Waals surface area (Å²) in [5.41, 5.74) is 1.96. The minimum atomic E-state index is -3.59. The molecule has 0 radical (unpaired) electrons. The fourth-order valence-corrected chi connectivity index (χ4v) is 2.79. The summed E-state index contributed by atoms with van der Waals surface area (Å²) in [7, 11) is -2.24. The van der Waals surface area contributed by atoms with Crippen LogP contribution in [0.4, 0.5) is 10.3 Å². The molecule has 0 N–H and O–H groups in total. The van der Waals surface area contributed by atoms with Crippen molar-refractivity contribution >= 4 is 38.9 Å². The maximum atomic E-state index is 13.3. The third-order valence-electron chi connectivity index (χ3n) is 3.79. The van der Waals surface area contributed by atoms with Crippen LogP contribution in [0.25, 0.3) is 17.3 Å². The van der Waals surface area contributed by atoms with Crippen molar-refractivity contribution in [3.8, 4) is 11.3 Å². The van der Waals surface area contributed by atoms with Gasteiger partial charge >= 0.3 is 0 Å². The van der Waals surface area contributed by atoms with Crippen LogP contribution in [0.3, 0.4) is 0 Å². The Balaban J connectivity index is 2.84. The van der Waals surface area contributed by atoms with Crippen molar-refractivity contribution in [2.45, 2.75) is 19.8 Å². The second-order valence-electron chi connectivity index (χ2n) is 6.20. The molecule has 9 heteroatoms. The standard InChI is InChI=1S/C18H19ClFN3O3S/c1-11(2)16-14(9-10-15(19)24)17(12-5-7-13(20)8-6-12)22-18(21-16)23(3)27(4,25)26/h5-11H,1-4H3/b10-9+. The molecule has 0 aliphatic heterocycles. The molecule has 0 saturated carbocycles. The van der Waals surface area contributed by atoms with Crippen LogP contribution in [-0.2, 0) is 14.8 Å². The summed E-state index contributed by atoms with van der Waals surface area (Å²) >= 11 is 5.42. The molecule has 0 aliphatic rings. The summed E-state index contributed by atoms with van der Waals surface area (Å²) in [6.07, 6.45) is 3.69. The van der Waals surface area contributed by atoms with Crippen molar-refractivity contribution in [1.29, 1.82) is 0 Å². The third kappa shape index (κ3) is 5.11. The van der Waals surface area contributed by atoms with Gasteiger partial charge in [0.15, 0.2) is 0 Å². The van der Waals surface area contributed by atoms with E-state index in [1.807, 2.05) is 13.8 Å². The molecule has 6 nitrogen and oxygen atoms in total. The Labute approximate surface area is 162 Å². The average Bonchev–Trinajstić information content (AvgIpc) is 2.58. The SMILES string of the molecule is CC(C)c1nc(N(C)S(C)(=O)=O)nc(-c2ccc(F)cc2)c1/C=C/C(=O)Cl. The quantitative estimate of drug-likeness (QED) is 0.536. The Bertz CT molecular complexity index is 990. The van der Waals surface area contributed by atoms with Gasteiger partial charge in [-0.1, -0.05) is 13.8 Å². The molecule has 1 heterocycles. The van der Waals surface area contributed by atoms with E-state index in [4.69, 9.17) is 11.6 Å². The summed E-state index contributed by atoms with van der Waals surface area (Å²) in [4.78, 5) is 19.9. The number of halogens is 2. The Morgan fingerprint density at radius 1 is 1.22 bits per heavy atom. The highest BCUT2D eigenvalue weighted by Gasteiger charge is 2.22. The number of nitrogens with zero attached hydrogens (tertiary/aromatic N) is 3. The lowest BCUT2D eigenvalue weighted by atomic mass is 9.98. The van der Waals surface area contributed by atoms with Gasteiger partial charge in [0.1, 0.15) is 5.82 Å². The lowest BCUT2D eigenvalue weighted by Crippen LogP contribution is -2.27. The lowest BCUT2D eigenvalue weighted by molar-refractivity contribution is -0.107. The van der Waals surface area contributed by atoms with Gasteiger partial charge < -0.3 is 0 Å². The summed E-state index contributed by atoms with van der Waals surface area (Å²) in [5.74, 6) is -0.544. The molecule has 0 amide bonds. The number of rotatable bonds is 6. The van der Waals surface area contributed by atoms with E-state index >= 15 is 0 Å². The molecule has 1 aromatic carbocycles. The van der Waals surface area contributed by atoms with Gasteiger partial charge in [-0.15, -0.1) is 0 Å². The van der Waals surface area contributed by atoms with Crippen LogP contribution in [0.5, 0.6) is 0 Å². The first-order valence-corrected chi connectivity index (χ1v) is 10.2. The van der Waals surface area contributed by atoms with Crippen molar-refractivity contribution in [3.63, 3.8) is 0 Å². The van der Waals surface area contributed by atoms with Gasteiger partial charge in [0.2, 0.25) is 21.2 Å². The molecule has 0 saturated heterocycles. The normalized spacial score (nSPS) is 12.0. The van der Waals surface area contributed by atoms with Gasteiger partial charge in [0, 0.05) is 18.2 Å². The predicted octanol–water partition coefficient (Wildman–Crippen LogP) is 3.58. The Morgan fingerprint density at radius 2 is 1.81 bits per heavy atom. The summed E-state index contributed by atoms with van der Waals surface area (Å²) in [5, 5.41) is -0.674. The van der Waals surface area contributed by atoms with Crippen molar-refractivity contribution in [2.75, 3.05) is 17.6 Å². The molecule has 144 valence electrons. The number of hydrogen-bond donors (Lipinski definition) is 0. The van der Waals surface area contributed by atoms with E-state index in [9.17, 15) is 17.6 Å². The fourth-order valence-electron chi connectivity index (χ4n) is 2.34. The molecule has 2 aromatic rings. The smallest absolute Gasteiger partial charge is 0.245 e. The summed E-state index contributed by atoms with van der Waals surface area (Å²) < 4.78 is 38.1. The van der Waals surface area contributed by atoms with Crippen molar-refractivity contribution < 1.29 is 17.6 Å². The van der Waals surface area contributed by atoms with Gasteiger partial charge in [0.25, 0.3) is 0 Å². The second-order valence-corrected chi connectivity index (χ2v) is 8.59. The van der Waals surface area contributed by atoms with Crippen molar-refractivity contribution in [1.82, 2.24) is 9.97 Å². The average molecular weight is 412 g/mol. The Hall–Kier alpha value is -2.32. The number of aromatic nitrogens is 2. The molecule has 0 aliphatic carbocycles. The van der Waals surface area contributed by atoms with Gasteiger partial charge in [-0.3, -0.25) is 4.79 Å². The van der Waals surface area contributed by atoms with Gasteiger partial charge in [-0.25, -0.2) is 27.1 Å². The van der Waals surface area contributed by atoms with Crippen LogP contribution >= 0.6 is 11.6 Å². The molecular formula is C18H19ClFN3O3S. The van der Waals surface area contributed by atoms with Crippen LogP contribution in [0.15, 0.2) is 30.3 Å². The molecule has 0 unspecified atom stereocenters. The van der Waals surface area contributed by atoms with Crippen molar-refractivity contribution in [2.24, 2.45) is 0 Å². The second kappa shape index (κ2) is 8.14. The highest BCUT2D eigenvalue weighted by molar-refractivity contribution is 7.92. The van der Waals surface area contributed by atoms with Crippen LogP contribution < -0.4 is 4.31 Å². The van der Waals surface area contributed by atoms with Gasteiger partial charge in [0.05, 0.1) is 17.6 Å². The molecule has 2 rings (SSSR count). The Morgan fingerprint density at radius 3 is 2.30 bits per heavy atom. The first-order chi connectivity index (χ1) is 12.5. The molecule has 0 atom stereocenters. The number of anilines is 1. The van der Waals surface area contributed by atoms with Gasteiger partial charge in [-0.05, 0) is 53.9 Å². The van der Waals surface area contributed by atoms with Crippen molar-refractivity contribution in [3.05, 3.63) is 47.4 Å². The lowest BCUT2D eigenvalue weighted by Gasteiger charge is -2.20. The number of carbonyl (C=O) groups is 1. The van der Waals surface area contributed by atoms with E-state index in [1.165, 1.54) is 43.5 Å². The zero-order valence-corrected chi connectivity index (χ0v) is 16.8. The zero-order valence-electron chi connectivity index (χ0n) is 15.3. The van der Waals surface area contributed by atoms with E-state index in [1.54, 1.807) is 0 Å². The number of sulfonamides is 1. The minimum absolute atomic E-state index is 0.0186. The third-order valence-corrected chi connectivity index (χ3v) is 5.07. The van der Waals surface area contributed by atoms with Crippen LogP contribution in [0.1, 0.15) is 31.0 Å². The summed E-state index contributed by atoms with van der Waals surface area (Å²) in [6.45, 7) is 3.75. The van der Waals surface area contributed by atoms with Gasteiger partial charge in [-0.2, -0.15) is 0 Å². The zero-order chi connectivity index (χ0) is 20.4. The van der Waals surface area contributed by atoms with E-state index in [2.05, 4.69) is 9.97 Å². The maximum Gasteiger partial charge on any atom is 0.245 e. The fraction of sp³-hybridized carbons (Fsp3) is 0.278. The van der Waals surface area contributed by atoms with Crippen LogP contribution in [-0.4, -0.2) is 36.9 Å².